The van der Waals surface area contributed by atoms with Gasteiger partial charge in [0.15, 0.2) is 0 Å². The number of fused-ring (bicyclic) bond motifs is 2. The molecule has 34 heavy (non-hydrogen) atoms. The maximum absolute atomic E-state index is 12.2. The van der Waals surface area contributed by atoms with Crippen LogP contribution in [0.2, 0.25) is 0 Å². The monoisotopic (exact) mass is 477 g/mol. The van der Waals surface area contributed by atoms with Gasteiger partial charge in [-0.25, -0.2) is 8.42 Å². The van der Waals surface area contributed by atoms with E-state index in [0.29, 0.717) is 5.56 Å². The molecule has 2 heterocycles. The molecular formula is C28H33N2O3S-. The zero-order valence-electron chi connectivity index (χ0n) is 19.1. The Kier molecular flexibility index (Phi) is 6.74. The second kappa shape index (κ2) is 9.43. The molecule has 0 aromatic heterocycles. The van der Waals surface area contributed by atoms with E-state index in [-0.39, 0.29) is 18.2 Å². The van der Waals surface area contributed by atoms with E-state index in [1.165, 1.54) is 28.6 Å². The molecule has 3 aromatic carbocycles. The summed E-state index contributed by atoms with van der Waals surface area (Å²) in [4.78, 5) is 4.39. The second-order valence-electron chi connectivity index (χ2n) is 9.25. The average molecular weight is 478 g/mol. The summed E-state index contributed by atoms with van der Waals surface area (Å²) in [5.41, 5.74) is 7.56. The Morgan fingerprint density at radius 3 is 1.79 bits per heavy atom. The van der Waals surface area contributed by atoms with Crippen molar-refractivity contribution in [1.29, 1.82) is 0 Å². The van der Waals surface area contributed by atoms with Crippen LogP contribution in [0.4, 0.5) is 11.4 Å². The SMILES string of the molecule is C.CN1CCCc2cc(C(c3ccc4c(c3)CCCN4C)c3ccccc3S(=O)(=O)[O-])ccc21. The van der Waals surface area contributed by atoms with Crippen molar-refractivity contribution in [3.8, 4) is 0 Å². The molecule has 0 amide bonds. The number of benzene rings is 3. The fourth-order valence-corrected chi connectivity index (χ4v) is 6.19. The van der Waals surface area contributed by atoms with Crippen LogP contribution in [0.25, 0.3) is 0 Å². The first kappa shape index (κ1) is 24.3. The van der Waals surface area contributed by atoms with Crippen LogP contribution in [0.5, 0.6) is 0 Å². The van der Waals surface area contributed by atoms with Gasteiger partial charge in [0.2, 0.25) is 0 Å². The van der Waals surface area contributed by atoms with Crippen molar-refractivity contribution >= 4 is 21.5 Å². The smallest absolute Gasteiger partial charge is 0.124 e. The lowest BCUT2D eigenvalue weighted by atomic mass is 9.82. The zero-order chi connectivity index (χ0) is 23.2. The molecule has 0 radical (unpaired) electrons. The van der Waals surface area contributed by atoms with Crippen LogP contribution in [0.15, 0.2) is 65.6 Å². The first-order valence-electron chi connectivity index (χ1n) is 11.6. The van der Waals surface area contributed by atoms with Crippen LogP contribution in [-0.2, 0) is 23.0 Å². The van der Waals surface area contributed by atoms with Gasteiger partial charge in [-0.1, -0.05) is 49.9 Å². The molecule has 0 N–H and O–H groups in total. The lowest BCUT2D eigenvalue weighted by Crippen LogP contribution is -2.25. The van der Waals surface area contributed by atoms with E-state index in [9.17, 15) is 13.0 Å². The topological polar surface area (TPSA) is 63.7 Å². The second-order valence-corrected chi connectivity index (χ2v) is 10.6. The van der Waals surface area contributed by atoms with E-state index in [2.05, 4.69) is 60.3 Å². The minimum atomic E-state index is -4.61. The Bertz CT molecular complexity index is 1240. The molecule has 0 unspecified atom stereocenters. The molecular weight excluding hydrogens is 444 g/mol. The predicted octanol–water partition coefficient (Wildman–Crippen LogP) is 5.17. The van der Waals surface area contributed by atoms with Crippen molar-refractivity contribution in [1.82, 2.24) is 0 Å². The molecule has 0 bridgehead atoms. The normalized spacial score (nSPS) is 15.5. The van der Waals surface area contributed by atoms with E-state index < -0.39 is 10.1 Å². The molecule has 0 aliphatic carbocycles. The van der Waals surface area contributed by atoms with Crippen molar-refractivity contribution in [2.75, 3.05) is 37.0 Å². The van der Waals surface area contributed by atoms with Gasteiger partial charge in [0.05, 0.1) is 4.90 Å². The molecule has 0 spiro atoms. The predicted molar refractivity (Wildman–Crippen MR) is 138 cm³/mol. The van der Waals surface area contributed by atoms with E-state index in [1.807, 2.05) is 6.07 Å². The Hall–Kier alpha value is -2.83. The highest BCUT2D eigenvalue weighted by Gasteiger charge is 2.25. The summed E-state index contributed by atoms with van der Waals surface area (Å²) in [5.74, 6) is -0.333. The first-order chi connectivity index (χ1) is 15.8. The van der Waals surface area contributed by atoms with Crippen molar-refractivity contribution in [3.63, 3.8) is 0 Å². The zero-order valence-corrected chi connectivity index (χ0v) is 19.9. The molecule has 2 aliphatic rings. The highest BCUT2D eigenvalue weighted by atomic mass is 32.2. The van der Waals surface area contributed by atoms with Gasteiger partial charge in [-0.2, -0.15) is 0 Å². The van der Waals surface area contributed by atoms with Gasteiger partial charge >= 0.3 is 0 Å². The highest BCUT2D eigenvalue weighted by molar-refractivity contribution is 7.85. The van der Waals surface area contributed by atoms with E-state index in [1.54, 1.807) is 12.1 Å². The number of anilines is 2. The first-order valence-corrected chi connectivity index (χ1v) is 13.0. The van der Waals surface area contributed by atoms with E-state index in [4.69, 9.17) is 0 Å². The largest absolute Gasteiger partial charge is 0.744 e. The fraction of sp³-hybridized carbons (Fsp3) is 0.357. The van der Waals surface area contributed by atoms with Gasteiger partial charge in [0.25, 0.3) is 0 Å². The molecule has 180 valence electrons. The summed E-state index contributed by atoms with van der Waals surface area (Å²) in [6, 6.07) is 19.5. The van der Waals surface area contributed by atoms with E-state index in [0.717, 1.165) is 49.9 Å². The van der Waals surface area contributed by atoms with Crippen molar-refractivity contribution in [2.24, 2.45) is 0 Å². The summed E-state index contributed by atoms with van der Waals surface area (Å²) in [6.45, 7) is 2.07. The van der Waals surface area contributed by atoms with Gasteiger partial charge in [-0.15, -0.1) is 0 Å². The number of aryl methyl sites for hydroxylation is 2. The molecule has 0 saturated heterocycles. The number of hydrogen-bond acceptors (Lipinski definition) is 5. The molecule has 0 atom stereocenters. The number of nitrogens with zero attached hydrogens (tertiary/aromatic N) is 2. The minimum Gasteiger partial charge on any atom is -0.744 e. The van der Waals surface area contributed by atoms with Gasteiger partial charge < -0.3 is 14.4 Å². The maximum Gasteiger partial charge on any atom is 0.124 e. The van der Waals surface area contributed by atoms with Gasteiger partial charge in [-0.05, 0) is 71.7 Å². The van der Waals surface area contributed by atoms with Crippen LogP contribution in [0.1, 0.15) is 54.0 Å². The highest BCUT2D eigenvalue weighted by Crippen LogP contribution is 2.40. The third-order valence-electron chi connectivity index (χ3n) is 7.07. The van der Waals surface area contributed by atoms with Crippen LogP contribution in [0, 0.1) is 0 Å². The van der Waals surface area contributed by atoms with Crippen molar-refractivity contribution in [3.05, 3.63) is 88.5 Å². The lowest BCUT2D eigenvalue weighted by molar-refractivity contribution is 0.462. The van der Waals surface area contributed by atoms with Crippen LogP contribution < -0.4 is 9.80 Å². The molecule has 0 fully saturated rings. The molecule has 2 aliphatic heterocycles. The molecule has 3 aromatic rings. The van der Waals surface area contributed by atoms with Gasteiger partial charge in [0.1, 0.15) is 10.1 Å². The van der Waals surface area contributed by atoms with Crippen LogP contribution in [-0.4, -0.2) is 40.2 Å². The summed E-state index contributed by atoms with van der Waals surface area (Å²) in [5, 5.41) is 0. The standard InChI is InChI=1S/C27H30N2O3S.CH4/c1-28-15-5-7-19-17-21(11-13-24(19)28)27(23-9-3-4-10-26(23)33(30,31)32)22-12-14-25-20(18-22)8-6-16-29(25)2;/h3-4,9-14,17-18,27H,5-8,15-16H2,1-2H3,(H,30,31,32);1H4/p-1. The summed E-state index contributed by atoms with van der Waals surface area (Å²) < 4.78 is 36.6. The molecule has 5 rings (SSSR count). The Morgan fingerprint density at radius 1 is 0.794 bits per heavy atom. The lowest BCUT2D eigenvalue weighted by Gasteiger charge is -2.31. The number of hydrogen-bond donors (Lipinski definition) is 0. The van der Waals surface area contributed by atoms with Crippen molar-refractivity contribution < 1.29 is 13.0 Å². The summed E-state index contributed by atoms with van der Waals surface area (Å²) in [6.07, 6.45) is 4.18. The number of rotatable bonds is 4. The fourth-order valence-electron chi connectivity index (χ4n) is 5.47. The Morgan fingerprint density at radius 2 is 1.29 bits per heavy atom. The molecule has 0 saturated carbocycles. The Balaban J connectivity index is 0.00000274. The molecule has 5 nitrogen and oxygen atoms in total. The average Bonchev–Trinajstić information content (AvgIpc) is 2.79. The minimum absolute atomic E-state index is 0. The molecule has 6 heteroatoms. The maximum atomic E-state index is 12.2. The third kappa shape index (κ3) is 4.44. The third-order valence-corrected chi connectivity index (χ3v) is 7.99. The Labute approximate surface area is 203 Å². The van der Waals surface area contributed by atoms with Crippen LogP contribution in [0.3, 0.4) is 0 Å². The quantitative estimate of drug-likeness (QED) is 0.383. The van der Waals surface area contributed by atoms with Crippen molar-refractivity contribution in [2.45, 2.75) is 43.9 Å². The van der Waals surface area contributed by atoms with E-state index >= 15 is 0 Å². The van der Waals surface area contributed by atoms with Crippen LogP contribution >= 0.6 is 0 Å². The van der Waals surface area contributed by atoms with Gasteiger partial charge in [0, 0.05) is 44.5 Å². The summed E-state index contributed by atoms with van der Waals surface area (Å²) in [7, 11) is -0.402. The van der Waals surface area contributed by atoms with Gasteiger partial charge in [-0.3, -0.25) is 0 Å². The summed E-state index contributed by atoms with van der Waals surface area (Å²) >= 11 is 0.